The zero-order valence-corrected chi connectivity index (χ0v) is 14.8. The van der Waals surface area contributed by atoms with Gasteiger partial charge >= 0.3 is 5.97 Å². The molecule has 8 heteroatoms. The molecule has 138 valence electrons. The maximum Gasteiger partial charge on any atom is 0.305 e. The quantitative estimate of drug-likeness (QED) is 0.334. The third-order valence-corrected chi connectivity index (χ3v) is 4.12. The zero-order chi connectivity index (χ0) is 18.1. The van der Waals surface area contributed by atoms with E-state index in [0.717, 1.165) is 32.4 Å². The largest absolute Gasteiger partial charge is 0.469 e. The fourth-order valence-corrected chi connectivity index (χ4v) is 2.77. The number of nitrogens with one attached hydrogen (secondary N) is 2. The standard InChI is InChI=1S/C17H26FN5O2/c1-19-17(21-9-4-3-7-15(24)25-2)22-13-8-11-23(12-13)16-14(18)6-5-10-20-16/h5-6,10,13H,3-4,7-9,11-12H2,1-2H3,(H2,19,21,22). The molecule has 1 atom stereocenters. The molecular weight excluding hydrogens is 325 g/mol. The van der Waals surface area contributed by atoms with Crippen molar-refractivity contribution in [3.8, 4) is 0 Å². The number of aliphatic imine (C=N–C) groups is 1. The van der Waals surface area contributed by atoms with Gasteiger partial charge in [-0.2, -0.15) is 0 Å². The van der Waals surface area contributed by atoms with Crippen molar-refractivity contribution >= 4 is 17.7 Å². The molecule has 1 fully saturated rings. The van der Waals surface area contributed by atoms with Crippen molar-refractivity contribution < 1.29 is 13.9 Å². The summed E-state index contributed by atoms with van der Waals surface area (Å²) < 4.78 is 18.4. The molecule has 0 aromatic carbocycles. The Balaban J connectivity index is 1.72. The molecule has 2 heterocycles. The van der Waals surface area contributed by atoms with Crippen molar-refractivity contribution in [2.45, 2.75) is 31.7 Å². The first kappa shape index (κ1) is 19.0. The molecule has 0 bridgehead atoms. The Bertz CT molecular complexity index is 596. The topological polar surface area (TPSA) is 78.8 Å². The number of carbonyl (C=O) groups excluding carboxylic acids is 1. The van der Waals surface area contributed by atoms with Crippen LogP contribution < -0.4 is 15.5 Å². The third-order valence-electron chi connectivity index (χ3n) is 4.12. The van der Waals surface area contributed by atoms with Crippen LogP contribution in [0.5, 0.6) is 0 Å². The number of guanidine groups is 1. The highest BCUT2D eigenvalue weighted by molar-refractivity contribution is 5.80. The predicted octanol–water partition coefficient (Wildman–Crippen LogP) is 1.31. The predicted molar refractivity (Wildman–Crippen MR) is 95.2 cm³/mol. The van der Waals surface area contributed by atoms with Crippen LogP contribution in [0, 0.1) is 5.82 Å². The van der Waals surface area contributed by atoms with Gasteiger partial charge < -0.3 is 20.3 Å². The van der Waals surface area contributed by atoms with E-state index in [0.29, 0.717) is 24.7 Å². The second-order valence-electron chi connectivity index (χ2n) is 5.92. The second kappa shape index (κ2) is 9.80. The Morgan fingerprint density at radius 2 is 2.36 bits per heavy atom. The van der Waals surface area contributed by atoms with E-state index in [1.165, 1.54) is 13.2 Å². The number of unbranched alkanes of at least 4 members (excludes halogenated alkanes) is 1. The van der Waals surface area contributed by atoms with Crippen molar-refractivity contribution in [2.75, 3.05) is 38.7 Å². The number of esters is 1. The van der Waals surface area contributed by atoms with E-state index in [4.69, 9.17) is 0 Å². The van der Waals surface area contributed by atoms with Gasteiger partial charge in [-0.15, -0.1) is 0 Å². The Kier molecular flexibility index (Phi) is 7.43. The lowest BCUT2D eigenvalue weighted by molar-refractivity contribution is -0.140. The molecule has 2 rings (SSSR count). The summed E-state index contributed by atoms with van der Waals surface area (Å²) >= 11 is 0. The molecule has 1 aliphatic heterocycles. The van der Waals surface area contributed by atoms with E-state index in [-0.39, 0.29) is 17.8 Å². The van der Waals surface area contributed by atoms with E-state index in [1.807, 2.05) is 4.90 Å². The summed E-state index contributed by atoms with van der Waals surface area (Å²) in [5.41, 5.74) is 0. The molecule has 1 aromatic rings. The fraction of sp³-hybridized carbons (Fsp3) is 0.588. The number of halogens is 1. The monoisotopic (exact) mass is 351 g/mol. The van der Waals surface area contributed by atoms with Gasteiger partial charge in [0.15, 0.2) is 17.6 Å². The average Bonchev–Trinajstić information content (AvgIpc) is 3.08. The highest BCUT2D eigenvalue weighted by atomic mass is 19.1. The molecule has 2 N–H and O–H groups in total. The lowest BCUT2D eigenvalue weighted by Crippen LogP contribution is -2.45. The highest BCUT2D eigenvalue weighted by Crippen LogP contribution is 2.20. The Hall–Kier alpha value is -2.38. The number of hydrogen-bond donors (Lipinski definition) is 2. The number of nitrogens with zero attached hydrogens (tertiary/aromatic N) is 3. The molecule has 0 aliphatic carbocycles. The summed E-state index contributed by atoms with van der Waals surface area (Å²) in [6.07, 6.45) is 4.54. The van der Waals surface area contributed by atoms with Gasteiger partial charge in [0.1, 0.15) is 0 Å². The number of hydrogen-bond acceptors (Lipinski definition) is 5. The Morgan fingerprint density at radius 3 is 3.08 bits per heavy atom. The summed E-state index contributed by atoms with van der Waals surface area (Å²) in [6, 6.07) is 3.21. The number of methoxy groups -OCH3 is 1. The van der Waals surface area contributed by atoms with Crippen LogP contribution in [0.1, 0.15) is 25.7 Å². The fourth-order valence-electron chi connectivity index (χ4n) is 2.77. The van der Waals surface area contributed by atoms with Crippen LogP contribution in [0.25, 0.3) is 0 Å². The Morgan fingerprint density at radius 1 is 1.52 bits per heavy atom. The smallest absolute Gasteiger partial charge is 0.305 e. The summed E-state index contributed by atoms with van der Waals surface area (Å²) in [4.78, 5) is 21.3. The van der Waals surface area contributed by atoms with E-state index in [2.05, 4.69) is 25.3 Å². The molecule has 1 aromatic heterocycles. The van der Waals surface area contributed by atoms with E-state index < -0.39 is 0 Å². The average molecular weight is 351 g/mol. The number of pyridine rings is 1. The normalized spacial score (nSPS) is 17.5. The number of carbonyl (C=O) groups is 1. The minimum atomic E-state index is -0.295. The van der Waals surface area contributed by atoms with Gasteiger partial charge in [-0.25, -0.2) is 9.37 Å². The summed E-state index contributed by atoms with van der Waals surface area (Å²) in [7, 11) is 3.11. The SMILES string of the molecule is CN=C(NCCCCC(=O)OC)NC1CCN(c2ncccc2F)C1. The Labute approximate surface area is 147 Å². The molecule has 0 saturated carbocycles. The van der Waals surface area contributed by atoms with Gasteiger partial charge in [-0.05, 0) is 31.4 Å². The lowest BCUT2D eigenvalue weighted by atomic mass is 10.2. The highest BCUT2D eigenvalue weighted by Gasteiger charge is 2.25. The van der Waals surface area contributed by atoms with Crippen LogP contribution in [0.4, 0.5) is 10.2 Å². The van der Waals surface area contributed by atoms with Crippen LogP contribution in [0.3, 0.4) is 0 Å². The minimum absolute atomic E-state index is 0.183. The third kappa shape index (κ3) is 5.88. The molecule has 25 heavy (non-hydrogen) atoms. The van der Waals surface area contributed by atoms with E-state index in [9.17, 15) is 9.18 Å². The first-order chi connectivity index (χ1) is 12.1. The molecular formula is C17H26FN5O2. The molecule has 0 amide bonds. The van der Waals surface area contributed by atoms with Crippen molar-refractivity contribution in [1.29, 1.82) is 0 Å². The molecule has 7 nitrogen and oxygen atoms in total. The van der Waals surface area contributed by atoms with Gasteiger partial charge in [0.2, 0.25) is 0 Å². The van der Waals surface area contributed by atoms with Crippen LogP contribution in [0.15, 0.2) is 23.3 Å². The molecule has 0 radical (unpaired) electrons. The lowest BCUT2D eigenvalue weighted by Gasteiger charge is -2.20. The first-order valence-corrected chi connectivity index (χ1v) is 8.53. The summed E-state index contributed by atoms with van der Waals surface area (Å²) in [5.74, 6) is 0.635. The van der Waals surface area contributed by atoms with Gasteiger partial charge in [-0.1, -0.05) is 0 Å². The van der Waals surface area contributed by atoms with Crippen molar-refractivity contribution in [2.24, 2.45) is 4.99 Å². The minimum Gasteiger partial charge on any atom is -0.469 e. The molecule has 1 saturated heterocycles. The van der Waals surface area contributed by atoms with Crippen LogP contribution in [0.2, 0.25) is 0 Å². The maximum atomic E-state index is 13.8. The van der Waals surface area contributed by atoms with Crippen molar-refractivity contribution in [1.82, 2.24) is 15.6 Å². The second-order valence-corrected chi connectivity index (χ2v) is 5.92. The molecule has 1 unspecified atom stereocenters. The van der Waals surface area contributed by atoms with Crippen LogP contribution in [-0.2, 0) is 9.53 Å². The van der Waals surface area contributed by atoms with Crippen molar-refractivity contribution in [3.05, 3.63) is 24.1 Å². The summed E-state index contributed by atoms with van der Waals surface area (Å²) in [6.45, 7) is 2.15. The van der Waals surface area contributed by atoms with Gasteiger partial charge in [-0.3, -0.25) is 9.79 Å². The van der Waals surface area contributed by atoms with Crippen LogP contribution >= 0.6 is 0 Å². The number of ether oxygens (including phenoxy) is 1. The summed E-state index contributed by atoms with van der Waals surface area (Å²) in [5, 5.41) is 6.58. The maximum absolute atomic E-state index is 13.8. The molecule has 0 spiro atoms. The van der Waals surface area contributed by atoms with Gasteiger partial charge in [0.25, 0.3) is 0 Å². The number of anilines is 1. The molecule has 1 aliphatic rings. The van der Waals surface area contributed by atoms with Gasteiger partial charge in [0, 0.05) is 45.3 Å². The zero-order valence-electron chi connectivity index (χ0n) is 14.8. The van der Waals surface area contributed by atoms with Crippen molar-refractivity contribution in [3.63, 3.8) is 0 Å². The number of aromatic nitrogens is 1. The first-order valence-electron chi connectivity index (χ1n) is 8.53. The van der Waals surface area contributed by atoms with E-state index >= 15 is 0 Å². The van der Waals surface area contributed by atoms with Crippen LogP contribution in [-0.4, -0.2) is 56.7 Å². The van der Waals surface area contributed by atoms with E-state index in [1.54, 1.807) is 19.3 Å². The van der Waals surface area contributed by atoms with Gasteiger partial charge in [0.05, 0.1) is 7.11 Å². The number of rotatable bonds is 7.